The maximum absolute atomic E-state index is 12.7. The van der Waals surface area contributed by atoms with Gasteiger partial charge in [-0.1, -0.05) is 35.5 Å². The van der Waals surface area contributed by atoms with Crippen molar-refractivity contribution in [2.75, 3.05) is 5.32 Å². The van der Waals surface area contributed by atoms with Crippen molar-refractivity contribution in [1.82, 2.24) is 10.1 Å². The van der Waals surface area contributed by atoms with Gasteiger partial charge in [-0.2, -0.15) is 4.98 Å². The van der Waals surface area contributed by atoms with Crippen LogP contribution in [0.4, 0.5) is 11.4 Å². The highest BCUT2D eigenvalue weighted by molar-refractivity contribution is 6.06. The van der Waals surface area contributed by atoms with Gasteiger partial charge in [0.15, 0.2) is 6.61 Å². The number of nitrogens with zero attached hydrogens (tertiary/aromatic N) is 3. The van der Waals surface area contributed by atoms with Crippen LogP contribution in [-0.2, 0) is 6.61 Å². The second-order valence-electron chi connectivity index (χ2n) is 6.88. The van der Waals surface area contributed by atoms with Crippen LogP contribution in [0.25, 0.3) is 11.5 Å². The van der Waals surface area contributed by atoms with E-state index in [-0.39, 0.29) is 18.2 Å². The van der Waals surface area contributed by atoms with Crippen LogP contribution in [0, 0.1) is 17.0 Å². The van der Waals surface area contributed by atoms with Crippen molar-refractivity contribution >= 4 is 17.3 Å². The molecule has 0 saturated carbocycles. The minimum Gasteiger partial charge on any atom is -0.485 e. The van der Waals surface area contributed by atoms with E-state index >= 15 is 0 Å². The zero-order valence-corrected chi connectivity index (χ0v) is 17.0. The number of rotatable bonds is 7. The monoisotopic (exact) mass is 430 g/mol. The molecule has 0 unspecified atom stereocenters. The summed E-state index contributed by atoms with van der Waals surface area (Å²) in [6.07, 6.45) is 0. The molecule has 32 heavy (non-hydrogen) atoms. The topological polar surface area (TPSA) is 120 Å². The molecule has 4 aromatic rings. The van der Waals surface area contributed by atoms with Gasteiger partial charge in [0.25, 0.3) is 17.5 Å². The fourth-order valence-corrected chi connectivity index (χ4v) is 3.06. The van der Waals surface area contributed by atoms with Crippen LogP contribution in [0.3, 0.4) is 0 Å². The Balaban J connectivity index is 1.51. The van der Waals surface area contributed by atoms with Crippen molar-refractivity contribution in [2.45, 2.75) is 13.5 Å². The van der Waals surface area contributed by atoms with Gasteiger partial charge < -0.3 is 14.6 Å². The largest absolute Gasteiger partial charge is 0.485 e. The lowest BCUT2D eigenvalue weighted by molar-refractivity contribution is -0.385. The average molecular weight is 430 g/mol. The Bertz CT molecular complexity index is 1270. The molecule has 1 amide bonds. The highest BCUT2D eigenvalue weighted by atomic mass is 16.6. The van der Waals surface area contributed by atoms with E-state index in [2.05, 4.69) is 15.5 Å². The first-order valence-electron chi connectivity index (χ1n) is 9.67. The molecule has 0 aliphatic heterocycles. The molecule has 9 nitrogen and oxygen atoms in total. The standard InChI is InChI=1S/C23H18N4O5/c1-15-13-16(11-12-20(15)27(29)30)22(28)24-19-10-6-5-9-18(19)23-25-21(26-32-23)14-31-17-7-3-2-4-8-17/h2-13H,14H2,1H3,(H,24,28). The molecule has 1 heterocycles. The quantitative estimate of drug-likeness (QED) is 0.331. The summed E-state index contributed by atoms with van der Waals surface area (Å²) in [4.78, 5) is 27.6. The van der Waals surface area contributed by atoms with E-state index in [1.165, 1.54) is 18.2 Å². The number of carbonyl (C=O) groups excluding carboxylic acids is 1. The number of amides is 1. The second kappa shape index (κ2) is 9.09. The number of ether oxygens (including phenoxy) is 1. The number of aromatic nitrogens is 2. The van der Waals surface area contributed by atoms with Crippen molar-refractivity contribution < 1.29 is 19.0 Å². The van der Waals surface area contributed by atoms with Gasteiger partial charge in [-0.15, -0.1) is 0 Å². The molecule has 1 aromatic heterocycles. The van der Waals surface area contributed by atoms with E-state index < -0.39 is 10.8 Å². The average Bonchev–Trinajstić information content (AvgIpc) is 3.27. The van der Waals surface area contributed by atoms with Crippen LogP contribution in [0.2, 0.25) is 0 Å². The zero-order valence-electron chi connectivity index (χ0n) is 17.0. The Morgan fingerprint density at radius 1 is 1.09 bits per heavy atom. The molecule has 9 heteroatoms. The first kappa shape index (κ1) is 20.7. The van der Waals surface area contributed by atoms with Crippen molar-refractivity contribution in [2.24, 2.45) is 0 Å². The molecular formula is C23H18N4O5. The Morgan fingerprint density at radius 3 is 2.59 bits per heavy atom. The normalized spacial score (nSPS) is 10.5. The molecule has 0 spiro atoms. The summed E-state index contributed by atoms with van der Waals surface area (Å²) in [5.74, 6) is 0.857. The summed E-state index contributed by atoms with van der Waals surface area (Å²) < 4.78 is 11.0. The number of carbonyl (C=O) groups is 1. The van der Waals surface area contributed by atoms with E-state index in [0.717, 1.165) is 0 Å². The summed E-state index contributed by atoms with van der Waals surface area (Å²) in [6, 6.07) is 20.5. The lowest BCUT2D eigenvalue weighted by atomic mass is 10.1. The molecule has 0 bridgehead atoms. The lowest BCUT2D eigenvalue weighted by Crippen LogP contribution is -2.13. The fourth-order valence-electron chi connectivity index (χ4n) is 3.06. The minimum atomic E-state index is -0.485. The van der Waals surface area contributed by atoms with E-state index in [1.807, 2.05) is 30.3 Å². The van der Waals surface area contributed by atoms with E-state index in [4.69, 9.17) is 9.26 Å². The van der Waals surface area contributed by atoms with Crippen LogP contribution in [0.5, 0.6) is 5.75 Å². The Labute approximate surface area is 182 Å². The number of nitro benzene ring substituents is 1. The molecule has 0 radical (unpaired) electrons. The predicted molar refractivity (Wildman–Crippen MR) is 116 cm³/mol. The SMILES string of the molecule is Cc1cc(C(=O)Nc2ccccc2-c2nc(COc3ccccc3)no2)ccc1[N+](=O)[O-]. The first-order valence-corrected chi connectivity index (χ1v) is 9.67. The van der Waals surface area contributed by atoms with Crippen LogP contribution < -0.4 is 10.1 Å². The van der Waals surface area contributed by atoms with Gasteiger partial charge in [0.2, 0.25) is 5.82 Å². The molecule has 1 N–H and O–H groups in total. The highest BCUT2D eigenvalue weighted by Crippen LogP contribution is 2.27. The third-order valence-corrected chi connectivity index (χ3v) is 4.64. The van der Waals surface area contributed by atoms with E-state index in [9.17, 15) is 14.9 Å². The van der Waals surface area contributed by atoms with Crippen molar-refractivity contribution in [3.63, 3.8) is 0 Å². The molecule has 0 atom stereocenters. The van der Waals surface area contributed by atoms with Crippen molar-refractivity contribution in [1.29, 1.82) is 0 Å². The molecule has 4 rings (SSSR count). The van der Waals surface area contributed by atoms with Gasteiger partial charge in [0.05, 0.1) is 16.2 Å². The number of para-hydroxylation sites is 2. The van der Waals surface area contributed by atoms with Gasteiger partial charge in [-0.3, -0.25) is 14.9 Å². The number of nitrogens with one attached hydrogen (secondary N) is 1. The van der Waals surface area contributed by atoms with Crippen LogP contribution >= 0.6 is 0 Å². The zero-order chi connectivity index (χ0) is 22.5. The van der Waals surface area contributed by atoms with Crippen molar-refractivity contribution in [3.8, 4) is 17.2 Å². The molecule has 0 aliphatic rings. The smallest absolute Gasteiger partial charge is 0.272 e. The van der Waals surface area contributed by atoms with E-state index in [0.29, 0.717) is 34.0 Å². The maximum Gasteiger partial charge on any atom is 0.272 e. The molecular weight excluding hydrogens is 412 g/mol. The number of anilines is 1. The van der Waals surface area contributed by atoms with E-state index in [1.54, 1.807) is 31.2 Å². The highest BCUT2D eigenvalue weighted by Gasteiger charge is 2.17. The summed E-state index contributed by atoms with van der Waals surface area (Å²) in [6.45, 7) is 1.71. The first-order chi connectivity index (χ1) is 15.5. The number of nitro groups is 1. The molecule has 0 aliphatic carbocycles. The Morgan fingerprint density at radius 2 is 1.84 bits per heavy atom. The molecule has 0 saturated heterocycles. The Kier molecular flexibility index (Phi) is 5.89. The summed E-state index contributed by atoms with van der Waals surface area (Å²) in [5.41, 5.74) is 1.66. The Hall–Kier alpha value is -4.53. The van der Waals surface area contributed by atoms with Gasteiger partial charge in [-0.25, -0.2) is 0 Å². The van der Waals surface area contributed by atoms with Gasteiger partial charge in [-0.05, 0) is 43.3 Å². The summed E-state index contributed by atoms with van der Waals surface area (Å²) in [7, 11) is 0. The molecule has 160 valence electrons. The number of aryl methyl sites for hydroxylation is 1. The van der Waals surface area contributed by atoms with Gasteiger partial charge in [0.1, 0.15) is 5.75 Å². The van der Waals surface area contributed by atoms with Gasteiger partial charge in [0, 0.05) is 17.2 Å². The number of hydrogen-bond acceptors (Lipinski definition) is 7. The predicted octanol–water partition coefficient (Wildman–Crippen LogP) is 4.78. The fraction of sp³-hybridized carbons (Fsp3) is 0.0870. The second-order valence-corrected chi connectivity index (χ2v) is 6.88. The van der Waals surface area contributed by atoms with Gasteiger partial charge >= 0.3 is 0 Å². The summed E-state index contributed by atoms with van der Waals surface area (Å²) in [5, 5.41) is 17.7. The third kappa shape index (κ3) is 4.62. The minimum absolute atomic E-state index is 0.0435. The third-order valence-electron chi connectivity index (χ3n) is 4.64. The molecule has 3 aromatic carbocycles. The van der Waals surface area contributed by atoms with Crippen LogP contribution in [-0.4, -0.2) is 21.0 Å². The maximum atomic E-state index is 12.7. The summed E-state index contributed by atoms with van der Waals surface area (Å²) >= 11 is 0. The lowest BCUT2D eigenvalue weighted by Gasteiger charge is -2.09. The number of benzene rings is 3. The van der Waals surface area contributed by atoms with Crippen molar-refractivity contribution in [3.05, 3.63) is 99.9 Å². The van der Waals surface area contributed by atoms with Crippen LogP contribution in [0.1, 0.15) is 21.7 Å². The molecule has 0 fully saturated rings. The number of hydrogen-bond donors (Lipinski definition) is 1. The van der Waals surface area contributed by atoms with Crippen LogP contribution in [0.15, 0.2) is 77.3 Å².